The molecule has 2 heterocycles. The Morgan fingerprint density at radius 3 is 2.66 bits per heavy atom. The van der Waals surface area contributed by atoms with Crippen LogP contribution in [-0.2, 0) is 22.7 Å². The van der Waals surface area contributed by atoms with Gasteiger partial charge in [0.25, 0.3) is 0 Å². The maximum atomic E-state index is 13.1. The van der Waals surface area contributed by atoms with Crippen molar-refractivity contribution in [2.24, 2.45) is 0 Å². The smallest absolute Gasteiger partial charge is 0.416 e. The third-order valence-electron chi connectivity index (χ3n) is 5.48. The highest BCUT2D eigenvalue weighted by molar-refractivity contribution is 7.89. The monoisotopic (exact) mass is 468 g/mol. The van der Waals surface area contributed by atoms with Crippen molar-refractivity contribution in [1.82, 2.24) is 14.3 Å². The van der Waals surface area contributed by atoms with Crippen molar-refractivity contribution in [3.63, 3.8) is 0 Å². The topological polar surface area (TPSA) is 76.5 Å². The fraction of sp³-hybridized carbons (Fsp3) is 0.381. The molecule has 172 valence electrons. The Kier molecular flexibility index (Phi) is 5.58. The number of aromatic nitrogens is 2. The molecule has 11 heteroatoms. The van der Waals surface area contributed by atoms with Gasteiger partial charge in [0, 0.05) is 19.7 Å². The van der Waals surface area contributed by atoms with Crippen LogP contribution in [0.15, 0.2) is 41.3 Å². The van der Waals surface area contributed by atoms with E-state index in [0.717, 1.165) is 17.8 Å². The number of hydrogen-bond acceptors (Lipinski definition) is 5. The first-order valence-corrected chi connectivity index (χ1v) is 11.6. The Morgan fingerprint density at radius 2 is 1.97 bits per heavy atom. The van der Waals surface area contributed by atoms with Crippen LogP contribution in [0, 0.1) is 0 Å². The lowest BCUT2D eigenvalue weighted by molar-refractivity contribution is -0.137. The molecule has 0 saturated carbocycles. The molecule has 0 fully saturated rings. The van der Waals surface area contributed by atoms with Crippen LogP contribution in [0.2, 0.25) is 0 Å². The first-order valence-electron chi connectivity index (χ1n) is 10.1. The van der Waals surface area contributed by atoms with E-state index in [1.807, 2.05) is 11.9 Å². The minimum absolute atomic E-state index is 0.0388. The number of rotatable bonds is 5. The second-order valence-electron chi connectivity index (χ2n) is 7.66. The Labute approximate surface area is 183 Å². The summed E-state index contributed by atoms with van der Waals surface area (Å²) in [6.45, 7) is 4.87. The summed E-state index contributed by atoms with van der Waals surface area (Å²) in [5.41, 5.74) is 0.689. The van der Waals surface area contributed by atoms with E-state index in [0.29, 0.717) is 42.3 Å². The van der Waals surface area contributed by atoms with E-state index in [2.05, 4.69) is 9.71 Å². The zero-order valence-corrected chi connectivity index (χ0v) is 18.6. The molecule has 32 heavy (non-hydrogen) atoms. The maximum Gasteiger partial charge on any atom is 0.416 e. The van der Waals surface area contributed by atoms with Gasteiger partial charge in [-0.1, -0.05) is 0 Å². The number of ether oxygens (including phenoxy) is 1. The molecule has 0 bridgehead atoms. The number of aryl methyl sites for hydroxylation is 1. The molecule has 1 atom stereocenters. The predicted octanol–water partition coefficient (Wildman–Crippen LogP) is 3.94. The van der Waals surface area contributed by atoms with Crippen molar-refractivity contribution in [3.8, 4) is 5.75 Å². The first kappa shape index (κ1) is 22.4. The van der Waals surface area contributed by atoms with Crippen LogP contribution >= 0.6 is 0 Å². The minimum atomic E-state index is -4.48. The van der Waals surface area contributed by atoms with Crippen LogP contribution in [0.5, 0.6) is 5.75 Å². The maximum absolute atomic E-state index is 13.1. The summed E-state index contributed by atoms with van der Waals surface area (Å²) in [4.78, 5) is 6.42. The number of sulfonamides is 1. The number of alkyl halides is 3. The molecule has 0 spiro atoms. The SMILES string of the molecule is CCn1c([C@@H](C)NS(=O)(=O)c2ccc3c(c2)OCCN3C)nc2ccc(C(F)(F)F)cc21. The lowest BCUT2D eigenvalue weighted by atomic mass is 10.2. The van der Waals surface area contributed by atoms with Gasteiger partial charge in [0.15, 0.2) is 0 Å². The van der Waals surface area contributed by atoms with Crippen molar-refractivity contribution in [1.29, 1.82) is 0 Å². The van der Waals surface area contributed by atoms with Gasteiger partial charge in [0.2, 0.25) is 10.0 Å². The molecule has 0 aliphatic carbocycles. The highest BCUT2D eigenvalue weighted by Gasteiger charge is 2.32. The van der Waals surface area contributed by atoms with Crippen LogP contribution < -0.4 is 14.4 Å². The normalized spacial score (nSPS) is 15.5. The third kappa shape index (κ3) is 4.02. The summed E-state index contributed by atoms with van der Waals surface area (Å²) < 4.78 is 75.2. The van der Waals surface area contributed by atoms with Crippen LogP contribution in [0.4, 0.5) is 18.9 Å². The Bertz CT molecular complexity index is 1270. The van der Waals surface area contributed by atoms with Crippen LogP contribution in [0.25, 0.3) is 11.0 Å². The number of fused-ring (bicyclic) bond motifs is 2. The molecule has 2 aromatic carbocycles. The Hall–Kier alpha value is -2.79. The summed E-state index contributed by atoms with van der Waals surface area (Å²) in [5.74, 6) is 0.814. The highest BCUT2D eigenvalue weighted by atomic mass is 32.2. The summed E-state index contributed by atoms with van der Waals surface area (Å²) in [7, 11) is -2.04. The van der Waals surface area contributed by atoms with Gasteiger partial charge >= 0.3 is 6.18 Å². The fourth-order valence-electron chi connectivity index (χ4n) is 3.84. The molecule has 1 aromatic heterocycles. The van der Waals surface area contributed by atoms with Crippen LogP contribution in [0.1, 0.15) is 31.3 Å². The van der Waals surface area contributed by atoms with Crippen molar-refractivity contribution in [2.75, 3.05) is 25.1 Å². The zero-order valence-electron chi connectivity index (χ0n) is 17.8. The molecular weight excluding hydrogens is 445 g/mol. The number of halogens is 3. The average molecular weight is 469 g/mol. The van der Waals surface area contributed by atoms with Gasteiger partial charge in [-0.25, -0.2) is 18.1 Å². The van der Waals surface area contributed by atoms with E-state index >= 15 is 0 Å². The van der Waals surface area contributed by atoms with E-state index in [1.54, 1.807) is 24.5 Å². The van der Waals surface area contributed by atoms with Gasteiger partial charge < -0.3 is 14.2 Å². The quantitative estimate of drug-likeness (QED) is 0.614. The molecule has 1 aliphatic heterocycles. The second kappa shape index (κ2) is 7.96. The van der Waals surface area contributed by atoms with E-state index in [9.17, 15) is 21.6 Å². The highest BCUT2D eigenvalue weighted by Crippen LogP contribution is 2.34. The fourth-order valence-corrected chi connectivity index (χ4v) is 5.06. The number of benzene rings is 2. The van der Waals surface area contributed by atoms with E-state index in [1.165, 1.54) is 18.2 Å². The first-order chi connectivity index (χ1) is 15.0. The van der Waals surface area contributed by atoms with E-state index in [4.69, 9.17) is 4.74 Å². The van der Waals surface area contributed by atoms with Gasteiger partial charge in [-0.2, -0.15) is 13.2 Å². The molecule has 1 aliphatic rings. The number of anilines is 1. The molecule has 0 amide bonds. The average Bonchev–Trinajstić information content (AvgIpc) is 3.11. The summed E-state index contributed by atoms with van der Waals surface area (Å²) >= 11 is 0. The second-order valence-corrected chi connectivity index (χ2v) is 9.37. The summed E-state index contributed by atoms with van der Waals surface area (Å²) in [6.07, 6.45) is -4.48. The molecule has 0 radical (unpaired) electrons. The number of imidazole rings is 1. The number of nitrogens with zero attached hydrogens (tertiary/aromatic N) is 3. The van der Waals surface area contributed by atoms with Crippen molar-refractivity contribution in [2.45, 2.75) is 37.5 Å². The number of hydrogen-bond donors (Lipinski definition) is 1. The standard InChI is InChI=1S/C21H23F3N4O3S/c1-4-28-18-11-14(21(22,23)24)5-7-16(18)25-20(28)13(2)26-32(29,30)15-6-8-17-19(12-15)31-10-9-27(17)3/h5-8,11-13,26H,4,9-10H2,1-3H3/t13-/m1/s1. The van der Waals surface area contributed by atoms with Crippen LogP contribution in [0.3, 0.4) is 0 Å². The van der Waals surface area contributed by atoms with E-state index in [-0.39, 0.29) is 4.90 Å². The molecule has 3 aromatic rings. The van der Waals surface area contributed by atoms with Crippen molar-refractivity contribution >= 4 is 26.7 Å². The van der Waals surface area contributed by atoms with Crippen molar-refractivity contribution in [3.05, 3.63) is 47.8 Å². The molecule has 7 nitrogen and oxygen atoms in total. The zero-order chi connectivity index (χ0) is 23.3. The molecule has 0 saturated heterocycles. The van der Waals surface area contributed by atoms with Gasteiger partial charge in [-0.3, -0.25) is 0 Å². The molecule has 4 rings (SSSR count). The lowest BCUT2D eigenvalue weighted by Crippen LogP contribution is -2.30. The predicted molar refractivity (Wildman–Crippen MR) is 114 cm³/mol. The number of likely N-dealkylation sites (N-methyl/N-ethyl adjacent to an activating group) is 1. The summed E-state index contributed by atoms with van der Waals surface area (Å²) in [6, 6.07) is 7.18. The van der Waals surface area contributed by atoms with Gasteiger partial charge in [0.05, 0.1) is 39.8 Å². The van der Waals surface area contributed by atoms with Gasteiger partial charge in [-0.05, 0) is 44.2 Å². The molecule has 1 N–H and O–H groups in total. The van der Waals surface area contributed by atoms with Crippen molar-refractivity contribution < 1.29 is 26.3 Å². The Morgan fingerprint density at radius 1 is 1.22 bits per heavy atom. The van der Waals surface area contributed by atoms with E-state index < -0.39 is 27.8 Å². The lowest BCUT2D eigenvalue weighted by Gasteiger charge is -2.28. The molecule has 0 unspecified atom stereocenters. The largest absolute Gasteiger partial charge is 0.490 e. The number of nitrogens with one attached hydrogen (secondary N) is 1. The van der Waals surface area contributed by atoms with Gasteiger partial charge in [-0.15, -0.1) is 0 Å². The van der Waals surface area contributed by atoms with Crippen LogP contribution in [-0.4, -0.2) is 38.2 Å². The van der Waals surface area contributed by atoms with Gasteiger partial charge in [0.1, 0.15) is 18.2 Å². The minimum Gasteiger partial charge on any atom is -0.490 e. The summed E-state index contributed by atoms with van der Waals surface area (Å²) in [5, 5.41) is 0. The Balaban J connectivity index is 1.66. The third-order valence-corrected chi connectivity index (χ3v) is 7.02. The molecular formula is C21H23F3N4O3S.